The number of carboxylic acids is 1. The molecule has 0 aromatic rings. The summed E-state index contributed by atoms with van der Waals surface area (Å²) in [4.78, 5) is 33.7. The Labute approximate surface area is 376 Å². The largest absolute Gasteiger partial charge is 0.480 e. The lowest BCUT2D eigenvalue weighted by Gasteiger charge is -2.20. The van der Waals surface area contributed by atoms with E-state index in [0.29, 0.717) is 6.61 Å². The van der Waals surface area contributed by atoms with Gasteiger partial charge in [-0.05, 0) is 12.8 Å². The molecule has 0 spiro atoms. The number of hydrogen-bond acceptors (Lipinski definition) is 8. The minimum atomic E-state index is -4.61. The first-order chi connectivity index (χ1) is 29.7. The molecule has 0 amide bonds. The van der Waals surface area contributed by atoms with Crippen LogP contribution in [0.25, 0.3) is 0 Å². The molecule has 0 aliphatic carbocycles. The van der Waals surface area contributed by atoms with Crippen LogP contribution in [0.1, 0.15) is 271 Å². The quantitative estimate of drug-likeness (QED) is 0.0305. The van der Waals surface area contributed by atoms with Crippen LogP contribution in [0.5, 0.6) is 0 Å². The number of unbranched alkanes of at least 4 members (excludes halogenated alkanes) is 37. The number of hydrogen-bond donors (Lipinski definition) is 3. The van der Waals surface area contributed by atoms with Gasteiger partial charge in [-0.25, -0.2) is 4.57 Å². The van der Waals surface area contributed by atoms with E-state index in [4.69, 9.17) is 29.4 Å². The van der Waals surface area contributed by atoms with Crippen LogP contribution >= 0.6 is 7.82 Å². The molecule has 0 aliphatic rings. The van der Waals surface area contributed by atoms with Crippen molar-refractivity contribution in [3.63, 3.8) is 0 Å². The van der Waals surface area contributed by atoms with E-state index < -0.39 is 45.1 Å². The molecule has 3 atom stereocenters. The maximum absolute atomic E-state index is 12.7. The molecule has 0 radical (unpaired) electrons. The Morgan fingerprint density at radius 3 is 1.08 bits per heavy atom. The van der Waals surface area contributed by atoms with Gasteiger partial charge in [0.2, 0.25) is 0 Å². The van der Waals surface area contributed by atoms with Gasteiger partial charge in [0.15, 0.2) is 0 Å². The first kappa shape index (κ1) is 60.0. The van der Waals surface area contributed by atoms with Crippen molar-refractivity contribution in [3.8, 4) is 0 Å². The van der Waals surface area contributed by atoms with Crippen LogP contribution in [0, 0.1) is 0 Å². The standard InChI is InChI=1S/C50H100NO9P/c1-3-5-7-9-11-13-15-17-19-21-22-23-24-25-27-29-31-33-35-37-39-41-43-57-44-47(45-58-61(55,56)59-46-48(51)50(53)54)60-49(52)42-40-38-36-34-32-30-28-26-20-18-16-14-12-10-8-6-4-2/h47-48H,3-46,51H2,1-2H3,(H,53,54)(H,55,56). The van der Waals surface area contributed by atoms with E-state index in [2.05, 4.69) is 13.8 Å². The van der Waals surface area contributed by atoms with Gasteiger partial charge in [-0.15, -0.1) is 0 Å². The fraction of sp³-hybridized carbons (Fsp3) is 0.960. The van der Waals surface area contributed by atoms with E-state index >= 15 is 0 Å². The second kappa shape index (κ2) is 46.9. The highest BCUT2D eigenvalue weighted by Gasteiger charge is 2.27. The van der Waals surface area contributed by atoms with E-state index in [1.54, 1.807) is 0 Å². The van der Waals surface area contributed by atoms with Crippen LogP contribution in [0.15, 0.2) is 0 Å². The molecule has 10 nitrogen and oxygen atoms in total. The average Bonchev–Trinajstić information content (AvgIpc) is 3.24. The number of nitrogens with two attached hydrogens (primary N) is 1. The summed E-state index contributed by atoms with van der Waals surface area (Å²) in [5.74, 6) is -1.76. The maximum atomic E-state index is 12.7. The summed E-state index contributed by atoms with van der Waals surface area (Å²) in [6, 6.07) is -1.47. The summed E-state index contributed by atoms with van der Waals surface area (Å²) in [5.41, 5.74) is 5.38. The highest BCUT2D eigenvalue weighted by atomic mass is 31.2. The minimum Gasteiger partial charge on any atom is -0.480 e. The first-order valence-electron chi connectivity index (χ1n) is 26.1. The van der Waals surface area contributed by atoms with Crippen LogP contribution < -0.4 is 5.73 Å². The predicted octanol–water partition coefficient (Wildman–Crippen LogP) is 15.1. The van der Waals surface area contributed by atoms with E-state index in [9.17, 15) is 19.0 Å². The van der Waals surface area contributed by atoms with Gasteiger partial charge in [0.05, 0.1) is 19.8 Å². The molecule has 0 aliphatic heterocycles. The molecule has 0 bridgehead atoms. The second-order valence-electron chi connectivity index (χ2n) is 18.0. The third-order valence-electron chi connectivity index (χ3n) is 11.9. The topological polar surface area (TPSA) is 155 Å². The number of esters is 1. The molecule has 4 N–H and O–H groups in total. The van der Waals surface area contributed by atoms with Crippen molar-refractivity contribution in [2.24, 2.45) is 5.73 Å². The number of ether oxygens (including phenoxy) is 2. The zero-order chi connectivity index (χ0) is 44.8. The van der Waals surface area contributed by atoms with E-state index in [0.717, 1.165) is 38.5 Å². The van der Waals surface area contributed by atoms with Gasteiger partial charge in [-0.1, -0.05) is 251 Å². The molecule has 11 heteroatoms. The predicted molar refractivity (Wildman–Crippen MR) is 254 cm³/mol. The second-order valence-corrected chi connectivity index (χ2v) is 19.5. The number of carbonyl (C=O) groups is 2. The minimum absolute atomic E-state index is 0.0265. The SMILES string of the molecule is CCCCCCCCCCCCCCCCCCCCCCCCOCC(COP(=O)(O)OCC(N)C(=O)O)OC(=O)CCCCCCCCCCCCCCCCCCC. The summed E-state index contributed by atoms with van der Waals surface area (Å²) in [6.45, 7) is 3.96. The summed E-state index contributed by atoms with van der Waals surface area (Å²) in [7, 11) is -4.61. The lowest BCUT2D eigenvalue weighted by atomic mass is 10.0. The van der Waals surface area contributed by atoms with Crippen LogP contribution in [0.3, 0.4) is 0 Å². The fourth-order valence-corrected chi connectivity index (χ4v) is 8.62. The zero-order valence-electron chi connectivity index (χ0n) is 40.0. The molecule has 0 saturated carbocycles. The number of phosphoric ester groups is 1. The van der Waals surface area contributed by atoms with Crippen molar-refractivity contribution in [1.82, 2.24) is 0 Å². The Morgan fingerprint density at radius 1 is 0.459 bits per heavy atom. The van der Waals surface area contributed by atoms with E-state index in [1.165, 1.54) is 212 Å². The number of rotatable bonds is 51. The van der Waals surface area contributed by atoms with Gasteiger partial charge in [0.25, 0.3) is 0 Å². The third kappa shape index (κ3) is 46.8. The van der Waals surface area contributed by atoms with Crippen LogP contribution in [0.2, 0.25) is 0 Å². The molecular formula is C50H100NO9P. The molecule has 0 fully saturated rings. The molecule has 61 heavy (non-hydrogen) atoms. The molecule has 0 aromatic carbocycles. The van der Waals surface area contributed by atoms with Crippen molar-refractivity contribution in [1.29, 1.82) is 0 Å². The number of phosphoric acid groups is 1. The maximum Gasteiger partial charge on any atom is 0.472 e. The lowest BCUT2D eigenvalue weighted by molar-refractivity contribution is -0.154. The van der Waals surface area contributed by atoms with Crippen molar-refractivity contribution in [2.45, 2.75) is 283 Å². The van der Waals surface area contributed by atoms with Gasteiger partial charge in [-0.2, -0.15) is 0 Å². The number of aliphatic carboxylic acids is 1. The highest BCUT2D eigenvalue weighted by molar-refractivity contribution is 7.47. The van der Waals surface area contributed by atoms with Crippen molar-refractivity contribution in [3.05, 3.63) is 0 Å². The third-order valence-corrected chi connectivity index (χ3v) is 12.8. The molecule has 0 aromatic heterocycles. The molecule has 3 unspecified atom stereocenters. The van der Waals surface area contributed by atoms with Gasteiger partial charge in [-0.3, -0.25) is 18.6 Å². The number of carbonyl (C=O) groups excluding carboxylic acids is 1. The van der Waals surface area contributed by atoms with Gasteiger partial charge >= 0.3 is 19.8 Å². The highest BCUT2D eigenvalue weighted by Crippen LogP contribution is 2.43. The summed E-state index contributed by atoms with van der Waals surface area (Å²) < 4.78 is 33.5. The normalized spacial score (nSPS) is 13.6. The Balaban J connectivity index is 4.06. The van der Waals surface area contributed by atoms with Crippen molar-refractivity contribution < 1.29 is 42.7 Å². The van der Waals surface area contributed by atoms with E-state index in [-0.39, 0.29) is 13.0 Å². The summed E-state index contributed by atoms with van der Waals surface area (Å²) in [5, 5.41) is 8.93. The Kier molecular flexibility index (Phi) is 46.2. The van der Waals surface area contributed by atoms with E-state index in [1.807, 2.05) is 0 Å². The first-order valence-corrected chi connectivity index (χ1v) is 27.6. The van der Waals surface area contributed by atoms with Crippen LogP contribution in [-0.2, 0) is 32.7 Å². The zero-order valence-corrected chi connectivity index (χ0v) is 40.9. The Hall–Kier alpha value is -1.03. The smallest absolute Gasteiger partial charge is 0.472 e. The lowest BCUT2D eigenvalue weighted by Crippen LogP contribution is -2.34. The molecule has 364 valence electrons. The summed E-state index contributed by atoms with van der Waals surface area (Å²) >= 11 is 0. The Bertz CT molecular complexity index is 987. The van der Waals surface area contributed by atoms with Crippen LogP contribution in [0.4, 0.5) is 0 Å². The van der Waals surface area contributed by atoms with Crippen LogP contribution in [-0.4, -0.2) is 60.5 Å². The van der Waals surface area contributed by atoms with Crippen molar-refractivity contribution in [2.75, 3.05) is 26.4 Å². The molecule has 0 heterocycles. The fourth-order valence-electron chi connectivity index (χ4n) is 7.84. The molecule has 0 saturated heterocycles. The van der Waals surface area contributed by atoms with Crippen molar-refractivity contribution >= 4 is 19.8 Å². The van der Waals surface area contributed by atoms with Gasteiger partial charge in [0.1, 0.15) is 12.1 Å². The van der Waals surface area contributed by atoms with Gasteiger partial charge < -0.3 is 25.2 Å². The molecular weight excluding hydrogens is 790 g/mol. The summed E-state index contributed by atoms with van der Waals surface area (Å²) in [6.07, 6.45) is 50.2. The Morgan fingerprint density at radius 2 is 0.754 bits per heavy atom. The average molecular weight is 890 g/mol. The monoisotopic (exact) mass is 890 g/mol. The van der Waals surface area contributed by atoms with Gasteiger partial charge in [0, 0.05) is 13.0 Å². The molecule has 0 rings (SSSR count). The number of carboxylic acid groups (broad SMARTS) is 1.